The summed E-state index contributed by atoms with van der Waals surface area (Å²) in [5, 5.41) is 0. The summed E-state index contributed by atoms with van der Waals surface area (Å²) in [4.78, 5) is 28.1. The van der Waals surface area contributed by atoms with Gasteiger partial charge in [0.25, 0.3) is 0 Å². The molecule has 1 aromatic carbocycles. The standard InChI is InChI=1S/C19H23NO3S/c1-5-7-15(23-4)19-12-24-11-18(19,3)16(21)20(17(19)22)14-9-6-8-13(2)10-14/h5-10,15H,11-12H2,1-4H3/b7-5-. The maximum atomic E-state index is 13.5. The van der Waals surface area contributed by atoms with Gasteiger partial charge in [-0.05, 0) is 38.5 Å². The number of benzene rings is 1. The average molecular weight is 345 g/mol. The average Bonchev–Trinajstić information content (AvgIpc) is 2.98. The lowest BCUT2D eigenvalue weighted by Gasteiger charge is -2.36. The molecule has 0 N–H and O–H groups in total. The van der Waals surface area contributed by atoms with E-state index in [0.29, 0.717) is 17.2 Å². The van der Waals surface area contributed by atoms with Crippen molar-refractivity contribution < 1.29 is 14.3 Å². The highest BCUT2D eigenvalue weighted by Crippen LogP contribution is 2.60. The Morgan fingerprint density at radius 2 is 2.04 bits per heavy atom. The second-order valence-corrected chi connectivity index (χ2v) is 7.75. The van der Waals surface area contributed by atoms with E-state index in [1.807, 2.05) is 57.2 Å². The zero-order valence-corrected chi connectivity index (χ0v) is 15.4. The fourth-order valence-corrected chi connectivity index (χ4v) is 5.75. The third kappa shape index (κ3) is 2.11. The number of imide groups is 1. The van der Waals surface area contributed by atoms with Gasteiger partial charge in [-0.3, -0.25) is 9.59 Å². The number of aryl methyl sites for hydroxylation is 1. The highest BCUT2D eigenvalue weighted by molar-refractivity contribution is 7.99. The molecule has 3 rings (SSSR count). The minimum absolute atomic E-state index is 0.116. The van der Waals surface area contributed by atoms with E-state index >= 15 is 0 Å². The monoisotopic (exact) mass is 345 g/mol. The Morgan fingerprint density at radius 1 is 1.29 bits per heavy atom. The van der Waals surface area contributed by atoms with Gasteiger partial charge in [-0.2, -0.15) is 11.8 Å². The summed E-state index contributed by atoms with van der Waals surface area (Å²) in [5.41, 5.74) is 0.0779. The molecule has 1 aromatic rings. The highest BCUT2D eigenvalue weighted by Gasteiger charge is 2.72. The summed E-state index contributed by atoms with van der Waals surface area (Å²) < 4.78 is 5.67. The fourth-order valence-electron chi connectivity index (χ4n) is 3.93. The predicted octanol–water partition coefficient (Wildman–Crippen LogP) is 3.20. The Kier molecular flexibility index (Phi) is 4.34. The molecular weight excluding hydrogens is 322 g/mol. The number of carbonyl (C=O) groups is 2. The lowest BCUT2D eigenvalue weighted by molar-refractivity contribution is -0.137. The van der Waals surface area contributed by atoms with Crippen molar-refractivity contribution >= 4 is 29.3 Å². The molecule has 5 heteroatoms. The summed E-state index contributed by atoms with van der Waals surface area (Å²) >= 11 is 1.66. The maximum absolute atomic E-state index is 13.5. The van der Waals surface area contributed by atoms with Crippen LogP contribution in [0.3, 0.4) is 0 Å². The Bertz CT molecular complexity index is 716. The molecule has 0 spiro atoms. The van der Waals surface area contributed by atoms with E-state index in [-0.39, 0.29) is 11.8 Å². The van der Waals surface area contributed by atoms with Gasteiger partial charge in [0, 0.05) is 18.6 Å². The van der Waals surface area contributed by atoms with E-state index in [2.05, 4.69) is 0 Å². The summed E-state index contributed by atoms with van der Waals surface area (Å²) in [6.07, 6.45) is 3.38. The Morgan fingerprint density at radius 3 is 2.67 bits per heavy atom. The first-order valence-corrected chi connectivity index (χ1v) is 9.27. The Labute approximate surface area is 147 Å². The molecule has 3 atom stereocenters. The van der Waals surface area contributed by atoms with Crippen LogP contribution in [-0.4, -0.2) is 36.5 Å². The molecule has 0 aromatic heterocycles. The number of hydrogen-bond acceptors (Lipinski definition) is 4. The SMILES string of the molecule is C/C=C\C(OC)C12CSCC1(C)C(=O)N(c1cccc(C)c1)C2=O. The van der Waals surface area contributed by atoms with E-state index < -0.39 is 16.9 Å². The number of carbonyl (C=O) groups excluding carboxylic acids is 2. The van der Waals surface area contributed by atoms with Crippen LogP contribution in [0.5, 0.6) is 0 Å². The third-order valence-corrected chi connectivity index (χ3v) is 6.77. The van der Waals surface area contributed by atoms with Crippen LogP contribution in [0.4, 0.5) is 5.69 Å². The van der Waals surface area contributed by atoms with Crippen molar-refractivity contribution in [1.82, 2.24) is 0 Å². The molecule has 0 radical (unpaired) electrons. The first-order chi connectivity index (χ1) is 11.4. The van der Waals surface area contributed by atoms with Crippen molar-refractivity contribution in [2.75, 3.05) is 23.5 Å². The summed E-state index contributed by atoms with van der Waals surface area (Å²) in [6, 6.07) is 7.55. The minimum Gasteiger partial charge on any atom is -0.376 e. The predicted molar refractivity (Wildman–Crippen MR) is 97.1 cm³/mol. The van der Waals surface area contributed by atoms with E-state index in [1.165, 1.54) is 4.90 Å². The van der Waals surface area contributed by atoms with Gasteiger partial charge in [0.15, 0.2) is 0 Å². The molecule has 0 saturated carbocycles. The molecule has 128 valence electrons. The molecular formula is C19H23NO3S. The molecule has 2 fully saturated rings. The summed E-state index contributed by atoms with van der Waals surface area (Å²) in [5.74, 6) is 0.974. The van der Waals surface area contributed by atoms with Crippen molar-refractivity contribution in [1.29, 1.82) is 0 Å². The van der Waals surface area contributed by atoms with Gasteiger partial charge >= 0.3 is 0 Å². The normalized spacial score (nSPS) is 31.1. The highest BCUT2D eigenvalue weighted by atomic mass is 32.2. The minimum atomic E-state index is -0.847. The van der Waals surface area contributed by atoms with Crippen LogP contribution in [0.2, 0.25) is 0 Å². The summed E-state index contributed by atoms with van der Waals surface area (Å²) in [6.45, 7) is 5.78. The smallest absolute Gasteiger partial charge is 0.244 e. The van der Waals surface area contributed by atoms with Gasteiger partial charge in [0.05, 0.1) is 17.2 Å². The van der Waals surface area contributed by atoms with Crippen LogP contribution >= 0.6 is 11.8 Å². The lowest BCUT2D eigenvalue weighted by atomic mass is 9.65. The quantitative estimate of drug-likeness (QED) is 0.621. The number of methoxy groups -OCH3 is 1. The van der Waals surface area contributed by atoms with Crippen LogP contribution in [0.25, 0.3) is 0 Å². The largest absolute Gasteiger partial charge is 0.376 e. The van der Waals surface area contributed by atoms with E-state index in [0.717, 1.165) is 5.56 Å². The molecule has 2 saturated heterocycles. The number of thioether (sulfide) groups is 1. The van der Waals surface area contributed by atoms with Gasteiger partial charge in [-0.15, -0.1) is 0 Å². The van der Waals surface area contributed by atoms with Crippen molar-refractivity contribution in [3.8, 4) is 0 Å². The number of anilines is 1. The Balaban J connectivity index is 2.16. The summed E-state index contributed by atoms with van der Waals surface area (Å²) in [7, 11) is 1.61. The lowest BCUT2D eigenvalue weighted by Crippen LogP contribution is -2.50. The zero-order chi connectivity index (χ0) is 17.5. The molecule has 0 bridgehead atoms. The van der Waals surface area contributed by atoms with Gasteiger partial charge in [-0.1, -0.05) is 24.3 Å². The molecule has 2 aliphatic rings. The van der Waals surface area contributed by atoms with Crippen molar-refractivity contribution in [2.45, 2.75) is 26.9 Å². The number of nitrogens with zero attached hydrogens (tertiary/aromatic N) is 1. The number of ether oxygens (including phenoxy) is 1. The molecule has 2 amide bonds. The second kappa shape index (κ2) is 6.05. The van der Waals surface area contributed by atoms with Crippen molar-refractivity contribution in [3.05, 3.63) is 42.0 Å². The van der Waals surface area contributed by atoms with Crippen LogP contribution in [0.15, 0.2) is 36.4 Å². The molecule has 3 unspecified atom stereocenters. The molecule has 2 heterocycles. The zero-order valence-electron chi connectivity index (χ0n) is 14.5. The van der Waals surface area contributed by atoms with Crippen molar-refractivity contribution in [3.63, 3.8) is 0 Å². The molecule has 4 nitrogen and oxygen atoms in total. The first-order valence-electron chi connectivity index (χ1n) is 8.11. The number of rotatable bonds is 4. The Hall–Kier alpha value is -1.59. The topological polar surface area (TPSA) is 46.6 Å². The van der Waals surface area contributed by atoms with Gasteiger partial charge in [-0.25, -0.2) is 4.90 Å². The van der Waals surface area contributed by atoms with Crippen LogP contribution in [-0.2, 0) is 14.3 Å². The molecule has 2 aliphatic heterocycles. The van der Waals surface area contributed by atoms with E-state index in [9.17, 15) is 9.59 Å². The van der Waals surface area contributed by atoms with Gasteiger partial charge in [0.2, 0.25) is 11.8 Å². The first kappa shape index (κ1) is 17.2. The van der Waals surface area contributed by atoms with Crippen LogP contribution in [0.1, 0.15) is 19.4 Å². The van der Waals surface area contributed by atoms with Crippen LogP contribution in [0, 0.1) is 17.8 Å². The van der Waals surface area contributed by atoms with E-state index in [4.69, 9.17) is 4.74 Å². The molecule has 0 aliphatic carbocycles. The molecule has 24 heavy (non-hydrogen) atoms. The van der Waals surface area contributed by atoms with Crippen molar-refractivity contribution in [2.24, 2.45) is 10.8 Å². The third-order valence-electron chi connectivity index (χ3n) is 5.33. The number of allylic oxidation sites excluding steroid dienone is 1. The van der Waals surface area contributed by atoms with E-state index in [1.54, 1.807) is 18.9 Å². The number of hydrogen-bond donors (Lipinski definition) is 0. The van der Waals surface area contributed by atoms with Gasteiger partial charge < -0.3 is 4.74 Å². The second-order valence-electron chi connectivity index (χ2n) is 6.76. The van der Waals surface area contributed by atoms with Gasteiger partial charge in [0.1, 0.15) is 5.41 Å². The number of amides is 2. The van der Waals surface area contributed by atoms with Crippen LogP contribution < -0.4 is 4.90 Å². The number of fused-ring (bicyclic) bond motifs is 1. The fraction of sp³-hybridized carbons (Fsp3) is 0.474. The maximum Gasteiger partial charge on any atom is 0.244 e.